The Bertz CT molecular complexity index is 1010. The highest BCUT2D eigenvalue weighted by Crippen LogP contribution is 2.34. The van der Waals surface area contributed by atoms with E-state index in [4.69, 9.17) is 4.74 Å². The second-order valence-electron chi connectivity index (χ2n) is 6.37. The molecule has 30 heavy (non-hydrogen) atoms. The Morgan fingerprint density at radius 3 is 2.90 bits per heavy atom. The highest BCUT2D eigenvalue weighted by atomic mass is 32.2. The van der Waals surface area contributed by atoms with E-state index in [1.807, 2.05) is 48.7 Å². The third-order valence-corrected chi connectivity index (χ3v) is 7.23. The van der Waals surface area contributed by atoms with Crippen molar-refractivity contribution in [2.45, 2.75) is 22.6 Å². The number of nitrogens with one attached hydrogen (secondary N) is 2. The molecule has 1 aromatic heterocycles. The zero-order chi connectivity index (χ0) is 21.3. The van der Waals surface area contributed by atoms with E-state index in [-0.39, 0.29) is 5.91 Å². The number of hydrogen-bond donors (Lipinski definition) is 2. The van der Waals surface area contributed by atoms with Crippen LogP contribution in [0.15, 0.2) is 46.8 Å². The average Bonchev–Trinajstić information content (AvgIpc) is 3.17. The topological polar surface area (TPSA) is 80.3 Å². The number of thioether (sulfide) groups is 2. The largest absolute Gasteiger partial charge is 0.496 e. The normalized spacial score (nSPS) is 11.8. The summed E-state index contributed by atoms with van der Waals surface area (Å²) >= 11 is 4.88. The number of rotatable bonds is 11. The molecule has 0 saturated carbocycles. The molecule has 2 aromatic carbocycles. The molecule has 158 valence electrons. The van der Waals surface area contributed by atoms with Gasteiger partial charge in [0.1, 0.15) is 11.8 Å². The Hall–Kier alpha value is -2.23. The van der Waals surface area contributed by atoms with E-state index < -0.39 is 6.04 Å². The number of hydrogen-bond acceptors (Lipinski definition) is 7. The molecule has 0 aliphatic carbocycles. The van der Waals surface area contributed by atoms with Crippen LogP contribution in [0.3, 0.4) is 0 Å². The van der Waals surface area contributed by atoms with Gasteiger partial charge < -0.3 is 15.4 Å². The van der Waals surface area contributed by atoms with Crippen molar-refractivity contribution in [2.24, 2.45) is 0 Å². The summed E-state index contributed by atoms with van der Waals surface area (Å²) in [6.45, 7) is 0. The van der Waals surface area contributed by atoms with E-state index in [9.17, 15) is 9.59 Å². The number of aromatic nitrogens is 1. The van der Waals surface area contributed by atoms with Crippen molar-refractivity contribution in [3.63, 3.8) is 0 Å². The second kappa shape index (κ2) is 11.2. The lowest BCUT2D eigenvalue weighted by molar-refractivity contribution is -0.121. The Morgan fingerprint density at radius 1 is 1.30 bits per heavy atom. The fourth-order valence-corrected chi connectivity index (χ4v) is 5.41. The number of amides is 2. The molecule has 1 atom stereocenters. The van der Waals surface area contributed by atoms with Crippen LogP contribution in [0.2, 0.25) is 0 Å². The summed E-state index contributed by atoms with van der Waals surface area (Å²) in [7, 11) is 1.67. The molecule has 9 heteroatoms. The lowest BCUT2D eigenvalue weighted by Crippen LogP contribution is -2.40. The summed E-state index contributed by atoms with van der Waals surface area (Å²) < 4.78 is 7.37. The average molecular weight is 462 g/mol. The third-order valence-electron chi connectivity index (χ3n) is 4.38. The number of carbonyl (C=O) groups excluding carboxylic acids is 2. The zero-order valence-electron chi connectivity index (χ0n) is 16.7. The molecule has 6 nitrogen and oxygen atoms in total. The highest BCUT2D eigenvalue weighted by Gasteiger charge is 2.17. The fraction of sp³-hybridized carbons (Fsp3) is 0.286. The van der Waals surface area contributed by atoms with E-state index >= 15 is 0 Å². The van der Waals surface area contributed by atoms with Crippen molar-refractivity contribution in [3.05, 3.63) is 48.0 Å². The third kappa shape index (κ3) is 5.90. The van der Waals surface area contributed by atoms with Crippen LogP contribution in [0.25, 0.3) is 10.2 Å². The lowest BCUT2D eigenvalue weighted by atomic mass is 10.2. The first-order valence-electron chi connectivity index (χ1n) is 9.29. The maximum atomic E-state index is 12.5. The molecule has 2 amide bonds. The Labute approximate surface area is 188 Å². The number of ether oxygens (including phenoxy) is 1. The first-order chi connectivity index (χ1) is 14.6. The Morgan fingerprint density at radius 2 is 2.13 bits per heavy atom. The molecule has 0 aliphatic heterocycles. The predicted molar refractivity (Wildman–Crippen MR) is 127 cm³/mol. The Balaban J connectivity index is 1.68. The van der Waals surface area contributed by atoms with Crippen LogP contribution in [0.1, 0.15) is 12.0 Å². The number of benzene rings is 2. The molecule has 3 aromatic rings. The van der Waals surface area contributed by atoms with E-state index in [2.05, 4.69) is 15.6 Å². The van der Waals surface area contributed by atoms with E-state index in [0.29, 0.717) is 18.5 Å². The molecular formula is C21H23N3O3S3. The van der Waals surface area contributed by atoms with Gasteiger partial charge in [-0.15, -0.1) is 11.3 Å². The van der Waals surface area contributed by atoms with Gasteiger partial charge in [-0.1, -0.05) is 30.0 Å². The van der Waals surface area contributed by atoms with Gasteiger partial charge in [0.15, 0.2) is 4.34 Å². The molecule has 0 fully saturated rings. The van der Waals surface area contributed by atoms with E-state index in [0.717, 1.165) is 37.4 Å². The molecule has 0 bridgehead atoms. The first kappa shape index (κ1) is 22.5. The molecule has 0 aliphatic rings. The number of para-hydroxylation sites is 1. The van der Waals surface area contributed by atoms with Gasteiger partial charge in [-0.25, -0.2) is 4.98 Å². The second-order valence-corrected chi connectivity index (χ2v) is 9.61. The van der Waals surface area contributed by atoms with Crippen molar-refractivity contribution < 1.29 is 14.3 Å². The molecular weight excluding hydrogens is 438 g/mol. The molecule has 1 unspecified atom stereocenters. The van der Waals surface area contributed by atoms with E-state index in [1.165, 1.54) is 0 Å². The minimum Gasteiger partial charge on any atom is -0.496 e. The quantitative estimate of drug-likeness (QED) is 0.325. The van der Waals surface area contributed by atoms with Gasteiger partial charge >= 0.3 is 0 Å². The number of anilines is 1. The molecule has 0 spiro atoms. The molecule has 3 rings (SSSR count). The number of fused-ring (bicyclic) bond motifs is 1. The van der Waals surface area contributed by atoms with Gasteiger partial charge in [0.2, 0.25) is 12.3 Å². The van der Waals surface area contributed by atoms with Crippen LogP contribution < -0.4 is 15.4 Å². The number of carbonyl (C=O) groups is 2. The van der Waals surface area contributed by atoms with Crippen LogP contribution in [0, 0.1) is 0 Å². The molecule has 1 heterocycles. The van der Waals surface area contributed by atoms with Crippen molar-refractivity contribution in [1.82, 2.24) is 10.3 Å². The van der Waals surface area contributed by atoms with Crippen LogP contribution >= 0.6 is 34.9 Å². The standard InChI is InChI=1S/C21H23N3O3S3/c1-27-18-6-4-3-5-14(18)12-29-21-24-16-8-7-15(11-19(16)30-21)23-20(26)17(22-13-25)9-10-28-2/h3-8,11,13,17H,9-10,12H2,1-2H3,(H,22,25)(H,23,26). The number of methoxy groups -OCH3 is 1. The van der Waals surface area contributed by atoms with Crippen molar-refractivity contribution >= 4 is 63.1 Å². The van der Waals surface area contributed by atoms with Crippen LogP contribution in [-0.4, -0.2) is 42.5 Å². The summed E-state index contributed by atoms with van der Waals surface area (Å²) in [6.07, 6.45) is 3.12. The van der Waals surface area contributed by atoms with Crippen molar-refractivity contribution in [2.75, 3.05) is 24.4 Å². The maximum absolute atomic E-state index is 12.5. The summed E-state index contributed by atoms with van der Waals surface area (Å²) in [5.41, 5.74) is 2.71. The van der Waals surface area contributed by atoms with E-state index in [1.54, 1.807) is 42.0 Å². The van der Waals surface area contributed by atoms with Gasteiger partial charge in [-0.2, -0.15) is 11.8 Å². The minimum atomic E-state index is -0.543. The van der Waals surface area contributed by atoms with Crippen LogP contribution in [0.4, 0.5) is 5.69 Å². The monoisotopic (exact) mass is 461 g/mol. The molecule has 0 radical (unpaired) electrons. The summed E-state index contributed by atoms with van der Waals surface area (Å²) in [4.78, 5) is 28.0. The zero-order valence-corrected chi connectivity index (χ0v) is 19.2. The highest BCUT2D eigenvalue weighted by molar-refractivity contribution is 8.00. The maximum Gasteiger partial charge on any atom is 0.246 e. The van der Waals surface area contributed by atoms with Gasteiger partial charge in [-0.05, 0) is 42.7 Å². The number of nitrogens with zero attached hydrogens (tertiary/aromatic N) is 1. The van der Waals surface area contributed by atoms with Gasteiger partial charge in [0.25, 0.3) is 0 Å². The summed E-state index contributed by atoms with van der Waals surface area (Å²) in [5.74, 6) is 2.21. The molecule has 2 N–H and O–H groups in total. The first-order valence-corrected chi connectivity index (χ1v) is 12.5. The number of thiazole rings is 1. The fourth-order valence-electron chi connectivity index (χ4n) is 2.84. The van der Waals surface area contributed by atoms with Gasteiger partial charge in [0, 0.05) is 17.0 Å². The van der Waals surface area contributed by atoms with Crippen LogP contribution in [0.5, 0.6) is 5.75 Å². The summed E-state index contributed by atoms with van der Waals surface area (Å²) in [5, 5.41) is 5.49. The molecule has 0 saturated heterocycles. The summed E-state index contributed by atoms with van der Waals surface area (Å²) in [6, 6.07) is 13.1. The lowest BCUT2D eigenvalue weighted by Gasteiger charge is -2.15. The SMILES string of the molecule is COc1ccccc1CSc1nc2ccc(NC(=O)C(CCSC)NC=O)cc2s1. The van der Waals surface area contributed by atoms with Gasteiger partial charge in [0.05, 0.1) is 17.3 Å². The van der Waals surface area contributed by atoms with Crippen molar-refractivity contribution in [1.29, 1.82) is 0 Å². The Kier molecular flexibility index (Phi) is 8.41. The van der Waals surface area contributed by atoms with Crippen molar-refractivity contribution in [3.8, 4) is 5.75 Å². The predicted octanol–water partition coefficient (Wildman–Crippen LogP) is 4.40. The van der Waals surface area contributed by atoms with Gasteiger partial charge in [-0.3, -0.25) is 9.59 Å². The van der Waals surface area contributed by atoms with Crippen LogP contribution in [-0.2, 0) is 15.3 Å². The smallest absolute Gasteiger partial charge is 0.246 e. The minimum absolute atomic E-state index is 0.217.